The zero-order valence-corrected chi connectivity index (χ0v) is 6.88. The van der Waals surface area contributed by atoms with Crippen molar-refractivity contribution in [2.45, 2.75) is 38.1 Å². The van der Waals surface area contributed by atoms with E-state index in [-0.39, 0.29) is 18.4 Å². The van der Waals surface area contributed by atoms with Gasteiger partial charge >= 0.3 is 5.97 Å². The molecule has 2 N–H and O–H groups in total. The van der Waals surface area contributed by atoms with Crippen LogP contribution in [0, 0.1) is 0 Å². The lowest BCUT2D eigenvalue weighted by Crippen LogP contribution is -2.34. The number of carboxylic acids is 1. The van der Waals surface area contributed by atoms with Crippen molar-refractivity contribution in [3.05, 3.63) is 0 Å². The first-order valence-electron chi connectivity index (χ1n) is 4.19. The van der Waals surface area contributed by atoms with Crippen molar-refractivity contribution in [3.63, 3.8) is 0 Å². The summed E-state index contributed by atoms with van der Waals surface area (Å²) in [5, 5.41) is 11.2. The van der Waals surface area contributed by atoms with E-state index < -0.39 is 5.97 Å². The Labute approximate surface area is 71.0 Å². The van der Waals surface area contributed by atoms with Gasteiger partial charge in [-0.3, -0.25) is 9.59 Å². The number of aliphatic carboxylic acids is 1. The van der Waals surface area contributed by atoms with Crippen molar-refractivity contribution in [3.8, 4) is 0 Å². The van der Waals surface area contributed by atoms with Crippen molar-refractivity contribution >= 4 is 11.9 Å². The highest BCUT2D eigenvalue weighted by Gasteiger charge is 2.18. The van der Waals surface area contributed by atoms with E-state index >= 15 is 0 Å². The minimum Gasteiger partial charge on any atom is -0.481 e. The van der Waals surface area contributed by atoms with Gasteiger partial charge in [-0.2, -0.15) is 0 Å². The normalized spacial score (nSPS) is 24.3. The third-order valence-corrected chi connectivity index (χ3v) is 1.99. The van der Waals surface area contributed by atoms with Crippen LogP contribution in [-0.4, -0.2) is 23.0 Å². The molecule has 68 valence electrons. The van der Waals surface area contributed by atoms with E-state index in [1.165, 1.54) is 0 Å². The maximum atomic E-state index is 11.0. The number of carbonyl (C=O) groups excluding carboxylic acids is 1. The molecule has 1 atom stereocenters. The summed E-state index contributed by atoms with van der Waals surface area (Å²) in [7, 11) is 0. The Hall–Kier alpha value is -1.06. The monoisotopic (exact) mass is 171 g/mol. The van der Waals surface area contributed by atoms with Crippen molar-refractivity contribution in [1.82, 2.24) is 5.32 Å². The van der Waals surface area contributed by atoms with E-state index in [4.69, 9.17) is 5.11 Å². The average Bonchev–Trinajstić information content (AvgIpc) is 2.12. The van der Waals surface area contributed by atoms with Crippen molar-refractivity contribution in [2.75, 3.05) is 0 Å². The van der Waals surface area contributed by atoms with Crippen LogP contribution in [0.15, 0.2) is 0 Å². The Bertz CT molecular complexity index is 191. The molecule has 1 saturated heterocycles. The number of rotatable bonds is 2. The van der Waals surface area contributed by atoms with Crippen LogP contribution in [0.1, 0.15) is 32.1 Å². The molecule has 4 nitrogen and oxygen atoms in total. The second-order valence-electron chi connectivity index (χ2n) is 3.11. The standard InChI is InChI=1S/C8H13NO3/c10-7-4-2-1-3-6(9-7)5-8(11)12/h6H,1-5H2,(H,9,10)(H,11,12)/t6-/m0/s1. The largest absolute Gasteiger partial charge is 0.481 e. The molecule has 1 aliphatic heterocycles. The lowest BCUT2D eigenvalue weighted by molar-refractivity contribution is -0.137. The Balaban J connectivity index is 2.41. The predicted octanol–water partition coefficient (Wildman–Crippen LogP) is 0.520. The second-order valence-corrected chi connectivity index (χ2v) is 3.11. The van der Waals surface area contributed by atoms with E-state index in [2.05, 4.69) is 5.32 Å². The van der Waals surface area contributed by atoms with Crippen LogP contribution in [0.2, 0.25) is 0 Å². The number of carbonyl (C=O) groups is 2. The second kappa shape index (κ2) is 4.09. The Morgan fingerprint density at radius 1 is 1.58 bits per heavy atom. The summed E-state index contributed by atoms with van der Waals surface area (Å²) in [6.07, 6.45) is 3.19. The number of amides is 1. The summed E-state index contributed by atoms with van der Waals surface area (Å²) < 4.78 is 0. The van der Waals surface area contributed by atoms with Gasteiger partial charge in [0.15, 0.2) is 0 Å². The zero-order chi connectivity index (χ0) is 8.97. The molecule has 1 heterocycles. The summed E-state index contributed by atoms with van der Waals surface area (Å²) in [5.74, 6) is -0.860. The summed E-state index contributed by atoms with van der Waals surface area (Å²) in [6, 6.07) is -0.155. The van der Waals surface area contributed by atoms with Gasteiger partial charge in [-0.1, -0.05) is 6.42 Å². The first kappa shape index (κ1) is 9.03. The van der Waals surface area contributed by atoms with Crippen LogP contribution >= 0.6 is 0 Å². The molecule has 0 aromatic rings. The van der Waals surface area contributed by atoms with Gasteiger partial charge in [0.05, 0.1) is 6.42 Å². The van der Waals surface area contributed by atoms with E-state index in [0.29, 0.717) is 6.42 Å². The fraction of sp³-hybridized carbons (Fsp3) is 0.750. The highest BCUT2D eigenvalue weighted by atomic mass is 16.4. The van der Waals surface area contributed by atoms with Gasteiger partial charge < -0.3 is 10.4 Å². The van der Waals surface area contributed by atoms with Crippen LogP contribution in [0.25, 0.3) is 0 Å². The number of hydrogen-bond acceptors (Lipinski definition) is 2. The molecular formula is C8H13NO3. The minimum absolute atomic E-state index is 0.0150. The van der Waals surface area contributed by atoms with Crippen LogP contribution < -0.4 is 5.32 Å². The molecule has 1 amide bonds. The maximum absolute atomic E-state index is 11.0. The fourth-order valence-electron chi connectivity index (χ4n) is 1.41. The van der Waals surface area contributed by atoms with Crippen LogP contribution in [0.4, 0.5) is 0 Å². The molecule has 0 aromatic heterocycles. The Kier molecular flexibility index (Phi) is 3.08. The van der Waals surface area contributed by atoms with Crippen molar-refractivity contribution in [2.24, 2.45) is 0 Å². The van der Waals surface area contributed by atoms with Gasteiger partial charge in [-0.25, -0.2) is 0 Å². The third kappa shape index (κ3) is 2.90. The third-order valence-electron chi connectivity index (χ3n) is 1.99. The molecule has 0 aliphatic carbocycles. The van der Waals surface area contributed by atoms with Crippen molar-refractivity contribution < 1.29 is 14.7 Å². The molecule has 12 heavy (non-hydrogen) atoms. The average molecular weight is 171 g/mol. The molecule has 0 aromatic carbocycles. The van der Waals surface area contributed by atoms with Crippen LogP contribution in [0.5, 0.6) is 0 Å². The van der Waals surface area contributed by atoms with Gasteiger partial charge in [0.2, 0.25) is 5.91 Å². The zero-order valence-electron chi connectivity index (χ0n) is 6.88. The summed E-state index contributed by atoms with van der Waals surface area (Å²) >= 11 is 0. The molecule has 1 rings (SSSR count). The summed E-state index contributed by atoms with van der Waals surface area (Å²) in [4.78, 5) is 21.3. The van der Waals surface area contributed by atoms with E-state index in [1.54, 1.807) is 0 Å². The predicted molar refractivity (Wildman–Crippen MR) is 42.7 cm³/mol. The molecule has 4 heteroatoms. The Morgan fingerprint density at radius 2 is 2.33 bits per heavy atom. The highest BCUT2D eigenvalue weighted by molar-refractivity contribution is 5.77. The highest BCUT2D eigenvalue weighted by Crippen LogP contribution is 2.11. The van der Waals surface area contributed by atoms with E-state index in [9.17, 15) is 9.59 Å². The van der Waals surface area contributed by atoms with Gasteiger partial charge in [-0.05, 0) is 12.8 Å². The first-order chi connectivity index (χ1) is 5.68. The lowest BCUT2D eigenvalue weighted by Gasteiger charge is -2.12. The van der Waals surface area contributed by atoms with E-state index in [1.807, 2.05) is 0 Å². The quantitative estimate of drug-likeness (QED) is 0.636. The molecule has 1 aliphatic rings. The van der Waals surface area contributed by atoms with Crippen LogP contribution in [0.3, 0.4) is 0 Å². The topological polar surface area (TPSA) is 66.4 Å². The SMILES string of the molecule is O=C(O)C[C@@H]1CCCCC(=O)N1. The molecule has 0 spiro atoms. The summed E-state index contributed by atoms with van der Waals surface area (Å²) in [5.41, 5.74) is 0. The lowest BCUT2D eigenvalue weighted by atomic mass is 10.1. The Morgan fingerprint density at radius 3 is 3.00 bits per heavy atom. The molecule has 0 saturated carbocycles. The first-order valence-corrected chi connectivity index (χ1v) is 4.19. The molecule has 0 radical (unpaired) electrons. The molecule has 0 unspecified atom stereocenters. The smallest absolute Gasteiger partial charge is 0.305 e. The minimum atomic E-state index is -0.845. The molecule has 1 fully saturated rings. The molecular weight excluding hydrogens is 158 g/mol. The maximum Gasteiger partial charge on any atom is 0.305 e. The van der Waals surface area contributed by atoms with Gasteiger partial charge in [0.25, 0.3) is 0 Å². The van der Waals surface area contributed by atoms with Gasteiger partial charge in [0.1, 0.15) is 0 Å². The number of carboxylic acid groups (broad SMARTS) is 1. The fourth-order valence-corrected chi connectivity index (χ4v) is 1.41. The van der Waals surface area contributed by atoms with Crippen molar-refractivity contribution in [1.29, 1.82) is 0 Å². The number of nitrogens with one attached hydrogen (secondary N) is 1. The molecule has 0 bridgehead atoms. The summed E-state index contributed by atoms with van der Waals surface area (Å²) in [6.45, 7) is 0. The van der Waals surface area contributed by atoms with E-state index in [0.717, 1.165) is 19.3 Å². The van der Waals surface area contributed by atoms with Crippen LogP contribution in [-0.2, 0) is 9.59 Å². The van der Waals surface area contributed by atoms with Gasteiger partial charge in [-0.15, -0.1) is 0 Å². The number of hydrogen-bond donors (Lipinski definition) is 2. The van der Waals surface area contributed by atoms with Gasteiger partial charge in [0, 0.05) is 12.5 Å².